The molecule has 2 aromatic heterocycles. The van der Waals surface area contributed by atoms with Gasteiger partial charge < -0.3 is 34.9 Å². The number of ether oxygens (including phenoxy) is 4. The van der Waals surface area contributed by atoms with Crippen molar-refractivity contribution in [3.8, 4) is 0 Å². The first-order chi connectivity index (χ1) is 18.9. The molecule has 4 heterocycles. The number of carbonyl (C=O) groups excluding carboxylic acids is 2. The molecule has 3 aromatic rings. The summed E-state index contributed by atoms with van der Waals surface area (Å²) in [7, 11) is 0. The predicted octanol–water partition coefficient (Wildman–Crippen LogP) is 2.11. The van der Waals surface area contributed by atoms with E-state index in [4.69, 9.17) is 18.9 Å². The van der Waals surface area contributed by atoms with E-state index in [9.17, 15) is 9.59 Å². The predicted molar refractivity (Wildman–Crippen MR) is 139 cm³/mol. The Morgan fingerprint density at radius 1 is 1.05 bits per heavy atom. The van der Waals surface area contributed by atoms with Gasteiger partial charge in [-0.15, -0.1) is 0 Å². The van der Waals surface area contributed by atoms with Crippen molar-refractivity contribution in [1.29, 1.82) is 0 Å². The first kappa shape index (κ1) is 26.8. The molecule has 208 valence electrons. The second kappa shape index (κ2) is 11.5. The monoisotopic (exact) mass is 539 g/mol. The average molecular weight is 540 g/mol. The maximum atomic E-state index is 12.7. The molecule has 1 aromatic carbocycles. The molecule has 13 nitrogen and oxygen atoms in total. The zero-order valence-electron chi connectivity index (χ0n) is 22.1. The Morgan fingerprint density at radius 2 is 1.85 bits per heavy atom. The van der Waals surface area contributed by atoms with Gasteiger partial charge in [0.05, 0.1) is 6.33 Å². The molecule has 2 amide bonds. The number of nitrogens with zero attached hydrogens (tertiary/aromatic N) is 4. The van der Waals surface area contributed by atoms with Crippen molar-refractivity contribution >= 4 is 29.0 Å². The van der Waals surface area contributed by atoms with Gasteiger partial charge in [0.1, 0.15) is 25.1 Å². The van der Waals surface area contributed by atoms with Gasteiger partial charge in [0, 0.05) is 19.6 Å². The van der Waals surface area contributed by atoms with Gasteiger partial charge in [-0.25, -0.2) is 19.7 Å². The SMILES string of the molecule is CCNC(=O)[C@H]1O[C@@H](n2cnc3c(NCCCNC(=O)OCc4ccccc4)ncnc32)[C@@H]2OC(C)(C)O[C@@H]21. The summed E-state index contributed by atoms with van der Waals surface area (Å²) in [5.41, 5.74) is 2.01. The molecule has 5 rings (SSSR count). The van der Waals surface area contributed by atoms with Crippen LogP contribution in [0.5, 0.6) is 0 Å². The van der Waals surface area contributed by atoms with Gasteiger partial charge in [-0.3, -0.25) is 9.36 Å². The summed E-state index contributed by atoms with van der Waals surface area (Å²) >= 11 is 0. The molecule has 13 heteroatoms. The van der Waals surface area contributed by atoms with Crippen LogP contribution in [0.25, 0.3) is 11.2 Å². The van der Waals surface area contributed by atoms with Crippen LogP contribution in [0.4, 0.5) is 10.6 Å². The quantitative estimate of drug-likeness (QED) is 0.327. The van der Waals surface area contributed by atoms with Crippen molar-refractivity contribution in [2.24, 2.45) is 0 Å². The van der Waals surface area contributed by atoms with Gasteiger partial charge in [-0.1, -0.05) is 30.3 Å². The van der Waals surface area contributed by atoms with E-state index in [0.717, 1.165) is 5.56 Å². The lowest BCUT2D eigenvalue weighted by Gasteiger charge is -2.24. The molecule has 2 aliphatic heterocycles. The summed E-state index contributed by atoms with van der Waals surface area (Å²) < 4.78 is 25.2. The number of carbonyl (C=O) groups is 2. The van der Waals surface area contributed by atoms with Gasteiger partial charge in [0.15, 0.2) is 35.1 Å². The fraction of sp³-hybridized carbons (Fsp3) is 0.500. The van der Waals surface area contributed by atoms with Crippen LogP contribution in [-0.2, 0) is 30.3 Å². The first-order valence-corrected chi connectivity index (χ1v) is 13.0. The van der Waals surface area contributed by atoms with E-state index in [-0.39, 0.29) is 12.5 Å². The van der Waals surface area contributed by atoms with Crippen LogP contribution in [0.1, 0.15) is 39.0 Å². The maximum Gasteiger partial charge on any atom is 0.407 e. The van der Waals surface area contributed by atoms with Crippen molar-refractivity contribution < 1.29 is 28.5 Å². The second-order valence-electron chi connectivity index (χ2n) is 9.72. The van der Waals surface area contributed by atoms with E-state index < -0.39 is 36.4 Å². The van der Waals surface area contributed by atoms with Crippen LogP contribution in [0.2, 0.25) is 0 Å². The second-order valence-corrected chi connectivity index (χ2v) is 9.72. The lowest BCUT2D eigenvalue weighted by atomic mass is 10.1. The Morgan fingerprint density at radius 3 is 2.64 bits per heavy atom. The number of benzene rings is 1. The molecule has 0 bridgehead atoms. The minimum absolute atomic E-state index is 0.220. The standard InChI is InChI=1S/C26H33N7O6/c1-4-27-23(34)19-18-20(39-26(2,3)38-18)24(37-19)33-15-32-17-21(30-14-31-22(17)33)28-11-8-12-29-25(35)36-13-16-9-6-5-7-10-16/h5-7,9-10,14-15,18-20,24H,4,8,11-13H2,1-3H3,(H,27,34)(H,29,35)(H,28,30,31)/t18-,19+,20-,24-/m1/s1. The lowest BCUT2D eigenvalue weighted by molar-refractivity contribution is -0.197. The van der Waals surface area contributed by atoms with Crippen LogP contribution < -0.4 is 16.0 Å². The lowest BCUT2D eigenvalue weighted by Crippen LogP contribution is -2.42. The number of anilines is 1. The average Bonchev–Trinajstić information content (AvgIpc) is 3.58. The Bertz CT molecular complexity index is 1300. The molecule has 2 saturated heterocycles. The number of nitrogens with one attached hydrogen (secondary N) is 3. The maximum absolute atomic E-state index is 12.7. The van der Waals surface area contributed by atoms with Crippen molar-refractivity contribution in [1.82, 2.24) is 30.2 Å². The smallest absolute Gasteiger partial charge is 0.407 e. The third-order valence-corrected chi connectivity index (χ3v) is 6.40. The molecule has 4 atom stereocenters. The van der Waals surface area contributed by atoms with E-state index >= 15 is 0 Å². The van der Waals surface area contributed by atoms with Crippen LogP contribution in [0.3, 0.4) is 0 Å². The zero-order valence-corrected chi connectivity index (χ0v) is 22.1. The van der Waals surface area contributed by atoms with Crippen molar-refractivity contribution in [3.05, 3.63) is 48.5 Å². The Kier molecular flexibility index (Phi) is 7.91. The van der Waals surface area contributed by atoms with Gasteiger partial charge in [-0.2, -0.15) is 0 Å². The Labute approximate surface area is 225 Å². The molecule has 0 radical (unpaired) electrons. The number of aromatic nitrogens is 4. The molecule has 2 fully saturated rings. The Hall–Kier alpha value is -3.81. The third-order valence-electron chi connectivity index (χ3n) is 6.40. The molecular weight excluding hydrogens is 506 g/mol. The van der Waals surface area contributed by atoms with E-state index in [0.29, 0.717) is 43.0 Å². The molecule has 2 aliphatic rings. The molecule has 0 saturated carbocycles. The van der Waals surface area contributed by atoms with E-state index in [1.807, 2.05) is 51.1 Å². The molecule has 0 aliphatic carbocycles. The number of hydrogen-bond donors (Lipinski definition) is 3. The van der Waals surface area contributed by atoms with Crippen LogP contribution in [-0.4, -0.2) is 75.3 Å². The first-order valence-electron chi connectivity index (χ1n) is 13.0. The highest BCUT2D eigenvalue weighted by Crippen LogP contribution is 2.44. The number of alkyl carbamates (subject to hydrolysis) is 1. The number of rotatable bonds is 10. The molecule has 0 spiro atoms. The largest absolute Gasteiger partial charge is 0.445 e. The Balaban J connectivity index is 1.18. The summed E-state index contributed by atoms with van der Waals surface area (Å²) in [5, 5.41) is 8.79. The summed E-state index contributed by atoms with van der Waals surface area (Å²) in [6.45, 7) is 7.13. The van der Waals surface area contributed by atoms with Gasteiger partial charge in [0.2, 0.25) is 0 Å². The number of amides is 2. The van der Waals surface area contributed by atoms with Crippen molar-refractivity contribution in [3.63, 3.8) is 0 Å². The highest BCUT2D eigenvalue weighted by Gasteiger charge is 2.58. The fourth-order valence-corrected chi connectivity index (χ4v) is 4.71. The molecule has 0 unspecified atom stereocenters. The summed E-state index contributed by atoms with van der Waals surface area (Å²) in [4.78, 5) is 37.9. The summed E-state index contributed by atoms with van der Waals surface area (Å²) in [5.74, 6) is -0.568. The number of fused-ring (bicyclic) bond motifs is 2. The molecule has 39 heavy (non-hydrogen) atoms. The van der Waals surface area contributed by atoms with Gasteiger partial charge in [-0.05, 0) is 32.8 Å². The minimum atomic E-state index is -0.859. The van der Waals surface area contributed by atoms with E-state index in [1.165, 1.54) is 6.33 Å². The van der Waals surface area contributed by atoms with Gasteiger partial charge in [0.25, 0.3) is 5.91 Å². The highest BCUT2D eigenvalue weighted by atomic mass is 16.8. The summed E-state index contributed by atoms with van der Waals surface area (Å²) in [6, 6.07) is 9.50. The number of hydrogen-bond acceptors (Lipinski definition) is 10. The molecule has 3 N–H and O–H groups in total. The van der Waals surface area contributed by atoms with Crippen molar-refractivity contribution in [2.75, 3.05) is 25.0 Å². The van der Waals surface area contributed by atoms with Crippen molar-refractivity contribution in [2.45, 2.75) is 64.1 Å². The number of imidazole rings is 1. The fourth-order valence-electron chi connectivity index (χ4n) is 4.71. The number of likely N-dealkylation sites (N-methyl/N-ethyl adjacent to an activating group) is 1. The van der Waals surface area contributed by atoms with Gasteiger partial charge >= 0.3 is 6.09 Å². The molecular formula is C26H33N7O6. The van der Waals surface area contributed by atoms with E-state index in [1.54, 1.807) is 10.9 Å². The third kappa shape index (κ3) is 5.95. The van der Waals surface area contributed by atoms with Crippen LogP contribution >= 0.6 is 0 Å². The topological polar surface area (TPSA) is 151 Å². The van der Waals surface area contributed by atoms with E-state index in [2.05, 4.69) is 30.9 Å². The van der Waals surface area contributed by atoms with Crippen LogP contribution in [0.15, 0.2) is 43.0 Å². The highest BCUT2D eigenvalue weighted by molar-refractivity contribution is 5.83. The zero-order chi connectivity index (χ0) is 27.4. The summed E-state index contributed by atoms with van der Waals surface area (Å²) in [6.07, 6.45) is 0.621. The minimum Gasteiger partial charge on any atom is -0.445 e. The van der Waals surface area contributed by atoms with Crippen LogP contribution in [0, 0.1) is 0 Å². The normalized spacial score (nSPS) is 23.4.